The number of hydrogen-bond donors (Lipinski definition) is 2. The van der Waals surface area contributed by atoms with Crippen molar-refractivity contribution in [1.82, 2.24) is 4.98 Å². The maximum Gasteiger partial charge on any atom is 0.128 e. The number of hydrogen-bond acceptors (Lipinski definition) is 3. The summed E-state index contributed by atoms with van der Waals surface area (Å²) in [5, 5.41) is 0. The molecule has 1 unspecified atom stereocenters. The highest BCUT2D eigenvalue weighted by atomic mass is 79.9. The molecule has 2 aromatic rings. The predicted molar refractivity (Wildman–Crippen MR) is 78.3 cm³/mol. The first-order chi connectivity index (χ1) is 8.50. The van der Waals surface area contributed by atoms with Crippen LogP contribution in [0.2, 0.25) is 0 Å². The summed E-state index contributed by atoms with van der Waals surface area (Å²) >= 11 is 3.56. The van der Waals surface area contributed by atoms with Crippen LogP contribution in [0.3, 0.4) is 0 Å². The molecule has 0 saturated carbocycles. The highest BCUT2D eigenvalue weighted by Gasteiger charge is 2.14. The largest absolute Gasteiger partial charge is 0.383 e. The van der Waals surface area contributed by atoms with E-state index in [4.69, 9.17) is 11.5 Å². The van der Waals surface area contributed by atoms with Gasteiger partial charge < -0.3 is 11.5 Å². The summed E-state index contributed by atoms with van der Waals surface area (Å²) in [4.78, 5) is 4.08. The van der Waals surface area contributed by atoms with Crippen molar-refractivity contribution in [2.45, 2.75) is 19.9 Å². The van der Waals surface area contributed by atoms with Crippen molar-refractivity contribution >= 4 is 21.7 Å². The van der Waals surface area contributed by atoms with Gasteiger partial charge in [0.1, 0.15) is 5.82 Å². The molecule has 1 atom stereocenters. The van der Waals surface area contributed by atoms with Crippen LogP contribution in [0.5, 0.6) is 0 Å². The Kier molecular flexibility index (Phi) is 3.68. The number of halogens is 1. The molecule has 0 aliphatic carbocycles. The van der Waals surface area contributed by atoms with Crippen LogP contribution in [0.15, 0.2) is 34.9 Å². The number of rotatable bonds is 2. The number of anilines is 1. The molecule has 0 amide bonds. The van der Waals surface area contributed by atoms with Crippen molar-refractivity contribution in [3.05, 3.63) is 57.2 Å². The van der Waals surface area contributed by atoms with Gasteiger partial charge in [-0.3, -0.25) is 0 Å². The second-order valence-corrected chi connectivity index (χ2v) is 5.22. The molecule has 0 saturated heterocycles. The zero-order valence-corrected chi connectivity index (χ0v) is 12.0. The van der Waals surface area contributed by atoms with Gasteiger partial charge in [0.15, 0.2) is 0 Å². The average Bonchev–Trinajstić information content (AvgIpc) is 2.35. The molecule has 4 N–H and O–H groups in total. The van der Waals surface area contributed by atoms with E-state index in [0.29, 0.717) is 5.82 Å². The molecular formula is C14H16BrN3. The standard InChI is InChI=1S/C14H16BrN3/c1-8-6-10(7-9(2)12(8)15)13(16)11-4-3-5-18-14(11)17/h3-7,13H,16H2,1-2H3,(H2,17,18). The Hall–Kier alpha value is -1.39. The van der Waals surface area contributed by atoms with E-state index >= 15 is 0 Å². The SMILES string of the molecule is Cc1cc(C(N)c2cccnc2N)cc(C)c1Br. The Morgan fingerprint density at radius 2 is 1.83 bits per heavy atom. The van der Waals surface area contributed by atoms with E-state index in [0.717, 1.165) is 15.6 Å². The van der Waals surface area contributed by atoms with Gasteiger partial charge in [-0.2, -0.15) is 0 Å². The molecule has 4 heteroatoms. The molecule has 0 aliphatic heterocycles. The quantitative estimate of drug-likeness (QED) is 0.896. The van der Waals surface area contributed by atoms with E-state index in [-0.39, 0.29) is 6.04 Å². The molecular weight excluding hydrogens is 290 g/mol. The van der Waals surface area contributed by atoms with Gasteiger partial charge in [0.2, 0.25) is 0 Å². The average molecular weight is 306 g/mol. The molecule has 0 bridgehead atoms. The zero-order valence-electron chi connectivity index (χ0n) is 10.4. The van der Waals surface area contributed by atoms with E-state index in [2.05, 4.69) is 46.9 Å². The van der Waals surface area contributed by atoms with E-state index in [9.17, 15) is 0 Å². The van der Waals surface area contributed by atoms with Gasteiger partial charge in [-0.15, -0.1) is 0 Å². The molecule has 3 nitrogen and oxygen atoms in total. The van der Waals surface area contributed by atoms with Gasteiger partial charge in [0.25, 0.3) is 0 Å². The van der Waals surface area contributed by atoms with Crippen LogP contribution in [-0.4, -0.2) is 4.98 Å². The second-order valence-electron chi connectivity index (χ2n) is 4.42. The number of nitrogens with two attached hydrogens (primary N) is 2. The van der Waals surface area contributed by atoms with Gasteiger partial charge in [0.05, 0.1) is 6.04 Å². The lowest BCUT2D eigenvalue weighted by atomic mass is 9.97. The minimum atomic E-state index is -0.246. The molecule has 0 radical (unpaired) electrons. The van der Waals surface area contributed by atoms with E-state index in [1.807, 2.05) is 12.1 Å². The molecule has 94 valence electrons. The fourth-order valence-corrected chi connectivity index (χ4v) is 2.26. The number of nitrogens with zero attached hydrogens (tertiary/aromatic N) is 1. The Bertz CT molecular complexity index is 558. The van der Waals surface area contributed by atoms with Crippen LogP contribution in [0.4, 0.5) is 5.82 Å². The smallest absolute Gasteiger partial charge is 0.128 e. The minimum Gasteiger partial charge on any atom is -0.383 e. The van der Waals surface area contributed by atoms with Crippen molar-refractivity contribution in [2.75, 3.05) is 5.73 Å². The normalized spacial score (nSPS) is 12.4. The van der Waals surface area contributed by atoms with Crippen LogP contribution in [-0.2, 0) is 0 Å². The number of nitrogen functional groups attached to an aromatic ring is 1. The summed E-state index contributed by atoms with van der Waals surface area (Å²) in [6.07, 6.45) is 1.67. The molecule has 18 heavy (non-hydrogen) atoms. The first-order valence-electron chi connectivity index (χ1n) is 5.73. The van der Waals surface area contributed by atoms with E-state index < -0.39 is 0 Å². The van der Waals surface area contributed by atoms with Crippen molar-refractivity contribution in [3.63, 3.8) is 0 Å². The lowest BCUT2D eigenvalue weighted by Crippen LogP contribution is -2.15. The van der Waals surface area contributed by atoms with Crippen LogP contribution in [0.1, 0.15) is 28.3 Å². The molecule has 0 aliphatic rings. The highest BCUT2D eigenvalue weighted by Crippen LogP contribution is 2.28. The Morgan fingerprint density at radius 3 is 2.39 bits per heavy atom. The van der Waals surface area contributed by atoms with Crippen LogP contribution < -0.4 is 11.5 Å². The fourth-order valence-electron chi connectivity index (χ4n) is 2.03. The van der Waals surface area contributed by atoms with Crippen LogP contribution in [0.25, 0.3) is 0 Å². The first kappa shape index (κ1) is 13.1. The Morgan fingerprint density at radius 1 is 1.22 bits per heavy atom. The number of aromatic nitrogens is 1. The molecule has 1 aromatic carbocycles. The van der Waals surface area contributed by atoms with Gasteiger partial charge in [0, 0.05) is 16.2 Å². The van der Waals surface area contributed by atoms with Crippen molar-refractivity contribution in [3.8, 4) is 0 Å². The summed E-state index contributed by atoms with van der Waals surface area (Å²) in [6.45, 7) is 4.11. The Labute approximate surface area is 115 Å². The van der Waals surface area contributed by atoms with Crippen LogP contribution >= 0.6 is 15.9 Å². The molecule has 2 rings (SSSR count). The highest BCUT2D eigenvalue weighted by molar-refractivity contribution is 9.10. The van der Waals surface area contributed by atoms with Crippen molar-refractivity contribution < 1.29 is 0 Å². The van der Waals surface area contributed by atoms with Gasteiger partial charge >= 0.3 is 0 Å². The third-order valence-corrected chi connectivity index (χ3v) is 4.28. The zero-order chi connectivity index (χ0) is 13.3. The van der Waals surface area contributed by atoms with Gasteiger partial charge in [-0.1, -0.05) is 34.1 Å². The number of aryl methyl sites for hydroxylation is 2. The molecule has 0 fully saturated rings. The number of pyridine rings is 1. The lowest BCUT2D eigenvalue weighted by molar-refractivity contribution is 0.863. The summed E-state index contributed by atoms with van der Waals surface area (Å²) < 4.78 is 1.12. The molecule has 1 aromatic heterocycles. The summed E-state index contributed by atoms with van der Waals surface area (Å²) in [7, 11) is 0. The number of benzene rings is 1. The van der Waals surface area contributed by atoms with Gasteiger partial charge in [-0.05, 0) is 36.6 Å². The molecule has 0 spiro atoms. The predicted octanol–water partition coefficient (Wildman–Crippen LogP) is 3.09. The van der Waals surface area contributed by atoms with Crippen LogP contribution in [0, 0.1) is 13.8 Å². The topological polar surface area (TPSA) is 64.9 Å². The summed E-state index contributed by atoms with van der Waals surface area (Å²) in [6, 6.07) is 7.68. The maximum absolute atomic E-state index is 6.27. The van der Waals surface area contributed by atoms with E-state index in [1.165, 1.54) is 11.1 Å². The van der Waals surface area contributed by atoms with Gasteiger partial charge in [-0.25, -0.2) is 4.98 Å². The lowest BCUT2D eigenvalue weighted by Gasteiger charge is -2.16. The van der Waals surface area contributed by atoms with Crippen molar-refractivity contribution in [2.24, 2.45) is 5.73 Å². The maximum atomic E-state index is 6.27. The second kappa shape index (κ2) is 5.08. The Balaban J connectivity index is 2.47. The first-order valence-corrected chi connectivity index (χ1v) is 6.52. The van der Waals surface area contributed by atoms with Crippen molar-refractivity contribution in [1.29, 1.82) is 0 Å². The molecule has 1 heterocycles. The van der Waals surface area contributed by atoms with E-state index in [1.54, 1.807) is 6.20 Å². The summed E-state index contributed by atoms with van der Waals surface area (Å²) in [5.41, 5.74) is 16.4. The third-order valence-electron chi connectivity index (χ3n) is 3.02. The third kappa shape index (κ3) is 2.40. The monoisotopic (exact) mass is 305 g/mol. The minimum absolute atomic E-state index is 0.246. The fraction of sp³-hybridized carbons (Fsp3) is 0.214. The summed E-state index contributed by atoms with van der Waals surface area (Å²) in [5.74, 6) is 0.489.